The highest BCUT2D eigenvalue weighted by atomic mass is 16.4. The molecule has 0 radical (unpaired) electrons. The number of nitrogens with zero attached hydrogens (tertiary/aromatic N) is 1. The van der Waals surface area contributed by atoms with Crippen molar-refractivity contribution in [1.82, 2.24) is 15.5 Å². The van der Waals surface area contributed by atoms with E-state index >= 15 is 0 Å². The van der Waals surface area contributed by atoms with Gasteiger partial charge in [-0.15, -0.1) is 0 Å². The SMILES string of the molecule is CC(=O)NC(C)(C)c1cc(C(=O)O)n[nH]1. The number of carboxylic acids is 1. The van der Waals surface area contributed by atoms with Crippen molar-refractivity contribution >= 4 is 11.9 Å². The van der Waals surface area contributed by atoms with Gasteiger partial charge in [-0.2, -0.15) is 5.10 Å². The van der Waals surface area contributed by atoms with Crippen molar-refractivity contribution in [2.75, 3.05) is 0 Å². The van der Waals surface area contributed by atoms with Crippen LogP contribution in [-0.2, 0) is 10.3 Å². The van der Waals surface area contributed by atoms with Gasteiger partial charge in [-0.1, -0.05) is 0 Å². The van der Waals surface area contributed by atoms with Crippen LogP contribution >= 0.6 is 0 Å². The van der Waals surface area contributed by atoms with E-state index in [9.17, 15) is 9.59 Å². The molecule has 82 valence electrons. The Balaban J connectivity index is 2.94. The summed E-state index contributed by atoms with van der Waals surface area (Å²) < 4.78 is 0. The van der Waals surface area contributed by atoms with Crippen molar-refractivity contribution in [2.24, 2.45) is 0 Å². The number of nitrogens with one attached hydrogen (secondary N) is 2. The predicted octanol–water partition coefficient (Wildman–Crippen LogP) is 0.479. The maximum Gasteiger partial charge on any atom is 0.356 e. The lowest BCUT2D eigenvalue weighted by Crippen LogP contribution is -2.39. The number of carbonyl (C=O) groups is 2. The molecule has 0 aliphatic rings. The number of aromatic carboxylic acids is 1. The zero-order valence-electron chi connectivity index (χ0n) is 8.79. The van der Waals surface area contributed by atoms with Crippen LogP contribution in [0.2, 0.25) is 0 Å². The Morgan fingerprint density at radius 3 is 2.53 bits per heavy atom. The van der Waals surface area contributed by atoms with Crippen molar-refractivity contribution < 1.29 is 14.7 Å². The molecule has 1 amide bonds. The van der Waals surface area contributed by atoms with Gasteiger partial charge in [-0.05, 0) is 19.9 Å². The van der Waals surface area contributed by atoms with Crippen molar-refractivity contribution in [3.63, 3.8) is 0 Å². The Kier molecular flexibility index (Phi) is 2.78. The van der Waals surface area contributed by atoms with E-state index in [0.717, 1.165) is 0 Å². The van der Waals surface area contributed by atoms with Gasteiger partial charge in [0, 0.05) is 6.92 Å². The smallest absolute Gasteiger partial charge is 0.356 e. The zero-order valence-corrected chi connectivity index (χ0v) is 8.79. The number of carboxylic acid groups (broad SMARTS) is 1. The Morgan fingerprint density at radius 1 is 1.53 bits per heavy atom. The van der Waals surface area contributed by atoms with Gasteiger partial charge in [-0.25, -0.2) is 4.79 Å². The van der Waals surface area contributed by atoms with Gasteiger partial charge in [0.05, 0.1) is 11.2 Å². The van der Waals surface area contributed by atoms with Crippen LogP contribution in [-0.4, -0.2) is 27.2 Å². The van der Waals surface area contributed by atoms with E-state index in [4.69, 9.17) is 5.11 Å². The molecule has 3 N–H and O–H groups in total. The molecule has 15 heavy (non-hydrogen) atoms. The van der Waals surface area contributed by atoms with E-state index in [1.165, 1.54) is 13.0 Å². The largest absolute Gasteiger partial charge is 0.476 e. The fourth-order valence-electron chi connectivity index (χ4n) is 1.26. The third kappa shape index (κ3) is 2.55. The summed E-state index contributed by atoms with van der Waals surface area (Å²) in [6.45, 7) is 4.91. The average Bonchev–Trinajstić information content (AvgIpc) is 2.48. The van der Waals surface area contributed by atoms with E-state index in [1.54, 1.807) is 13.8 Å². The molecular weight excluding hydrogens is 198 g/mol. The Hall–Kier alpha value is -1.85. The number of hydrogen-bond donors (Lipinski definition) is 3. The molecule has 6 heteroatoms. The summed E-state index contributed by atoms with van der Waals surface area (Å²) in [7, 11) is 0. The second-order valence-corrected chi connectivity index (χ2v) is 3.78. The first-order valence-electron chi connectivity index (χ1n) is 4.41. The monoisotopic (exact) mass is 211 g/mol. The lowest BCUT2D eigenvalue weighted by molar-refractivity contribution is -0.120. The van der Waals surface area contributed by atoms with Gasteiger partial charge in [0.1, 0.15) is 0 Å². The minimum Gasteiger partial charge on any atom is -0.476 e. The molecule has 0 aliphatic carbocycles. The summed E-state index contributed by atoms with van der Waals surface area (Å²) in [6, 6.07) is 1.40. The standard InChI is InChI=1S/C9H13N3O3/c1-5(13)10-9(2,3)7-4-6(8(14)15)11-12-7/h4H,1-3H3,(H,10,13)(H,11,12)(H,14,15). The van der Waals surface area contributed by atoms with Crippen LogP contribution in [0.3, 0.4) is 0 Å². The summed E-state index contributed by atoms with van der Waals surface area (Å²) in [5.74, 6) is -1.29. The summed E-state index contributed by atoms with van der Waals surface area (Å²) in [6.07, 6.45) is 0. The number of rotatable bonds is 3. The molecule has 0 saturated heterocycles. The lowest BCUT2D eigenvalue weighted by atomic mass is 10.0. The lowest BCUT2D eigenvalue weighted by Gasteiger charge is -2.23. The quantitative estimate of drug-likeness (QED) is 0.677. The molecule has 0 aliphatic heterocycles. The maximum atomic E-state index is 10.9. The van der Waals surface area contributed by atoms with Crippen LogP contribution in [0.25, 0.3) is 0 Å². The highest BCUT2D eigenvalue weighted by Crippen LogP contribution is 2.18. The highest BCUT2D eigenvalue weighted by Gasteiger charge is 2.24. The third-order valence-corrected chi connectivity index (χ3v) is 1.96. The first kappa shape index (κ1) is 11.2. The van der Waals surface area contributed by atoms with E-state index in [-0.39, 0.29) is 11.6 Å². The fraction of sp³-hybridized carbons (Fsp3) is 0.444. The van der Waals surface area contributed by atoms with E-state index in [1.807, 2.05) is 0 Å². The molecular formula is C9H13N3O3. The summed E-state index contributed by atoms with van der Waals surface area (Å²) in [5, 5.41) is 17.6. The molecule has 0 saturated carbocycles. The van der Waals surface area contributed by atoms with Crippen molar-refractivity contribution in [3.8, 4) is 0 Å². The van der Waals surface area contributed by atoms with Crippen molar-refractivity contribution in [3.05, 3.63) is 17.5 Å². The fourth-order valence-corrected chi connectivity index (χ4v) is 1.26. The number of aromatic nitrogens is 2. The van der Waals surface area contributed by atoms with Gasteiger partial charge >= 0.3 is 5.97 Å². The Labute approximate surface area is 86.7 Å². The van der Waals surface area contributed by atoms with Gasteiger partial charge in [0.25, 0.3) is 0 Å². The van der Waals surface area contributed by atoms with Crippen LogP contribution in [0, 0.1) is 0 Å². The van der Waals surface area contributed by atoms with Gasteiger partial charge < -0.3 is 10.4 Å². The topological polar surface area (TPSA) is 95.1 Å². The van der Waals surface area contributed by atoms with Crippen molar-refractivity contribution in [2.45, 2.75) is 26.3 Å². The van der Waals surface area contributed by atoms with E-state index < -0.39 is 11.5 Å². The van der Waals surface area contributed by atoms with Crippen LogP contribution in [0.4, 0.5) is 0 Å². The summed E-state index contributed by atoms with van der Waals surface area (Å²) >= 11 is 0. The van der Waals surface area contributed by atoms with Crippen LogP contribution in [0.1, 0.15) is 37.0 Å². The molecule has 0 atom stereocenters. The molecule has 1 aromatic rings. The molecule has 1 aromatic heterocycles. The van der Waals surface area contributed by atoms with Gasteiger partial charge in [0.2, 0.25) is 5.91 Å². The van der Waals surface area contributed by atoms with E-state index in [2.05, 4.69) is 15.5 Å². The normalized spacial score (nSPS) is 11.1. The van der Waals surface area contributed by atoms with Crippen molar-refractivity contribution in [1.29, 1.82) is 0 Å². The maximum absolute atomic E-state index is 10.9. The minimum atomic E-state index is -1.10. The Bertz CT molecular complexity index is 395. The van der Waals surface area contributed by atoms with Crippen LogP contribution < -0.4 is 5.32 Å². The molecule has 0 spiro atoms. The summed E-state index contributed by atoms with van der Waals surface area (Å²) in [4.78, 5) is 21.5. The third-order valence-electron chi connectivity index (χ3n) is 1.96. The van der Waals surface area contributed by atoms with Crippen LogP contribution in [0.5, 0.6) is 0 Å². The number of aromatic amines is 1. The first-order chi connectivity index (χ1) is 6.83. The second-order valence-electron chi connectivity index (χ2n) is 3.78. The number of carbonyl (C=O) groups excluding carboxylic acids is 1. The predicted molar refractivity (Wildman–Crippen MR) is 52.4 cm³/mol. The van der Waals surface area contributed by atoms with Gasteiger partial charge in [-0.3, -0.25) is 9.89 Å². The Morgan fingerprint density at radius 2 is 2.13 bits per heavy atom. The molecule has 0 fully saturated rings. The minimum absolute atomic E-state index is 0.0663. The highest BCUT2D eigenvalue weighted by molar-refractivity contribution is 5.85. The molecule has 0 unspecified atom stereocenters. The molecule has 1 heterocycles. The second kappa shape index (κ2) is 3.72. The summed E-state index contributed by atoms with van der Waals surface area (Å²) in [5.41, 5.74) is -0.175. The first-order valence-corrected chi connectivity index (χ1v) is 4.41. The molecule has 0 aromatic carbocycles. The number of H-pyrrole nitrogens is 1. The molecule has 0 bridgehead atoms. The molecule has 6 nitrogen and oxygen atoms in total. The van der Waals surface area contributed by atoms with Gasteiger partial charge in [0.15, 0.2) is 5.69 Å². The molecule has 1 rings (SSSR count). The number of amides is 1. The average molecular weight is 211 g/mol. The zero-order chi connectivity index (χ0) is 11.6. The van der Waals surface area contributed by atoms with E-state index in [0.29, 0.717) is 5.69 Å². The number of hydrogen-bond acceptors (Lipinski definition) is 3. The van der Waals surface area contributed by atoms with Crippen LogP contribution in [0.15, 0.2) is 6.07 Å².